The van der Waals surface area contributed by atoms with Crippen molar-refractivity contribution in [2.75, 3.05) is 0 Å². The second kappa shape index (κ2) is 7.12. The Morgan fingerprint density at radius 2 is 1.57 bits per heavy atom. The van der Waals surface area contributed by atoms with Crippen LogP contribution in [-0.4, -0.2) is 21.5 Å². The lowest BCUT2D eigenvalue weighted by Crippen LogP contribution is -2.53. The first-order chi connectivity index (χ1) is 14.3. The lowest BCUT2D eigenvalue weighted by Gasteiger charge is -2.35. The van der Waals surface area contributed by atoms with Crippen LogP contribution >= 0.6 is 0 Å². The van der Waals surface area contributed by atoms with Crippen LogP contribution in [0.3, 0.4) is 0 Å². The van der Waals surface area contributed by atoms with E-state index < -0.39 is 69.4 Å². The molecule has 0 bridgehead atoms. The van der Waals surface area contributed by atoms with E-state index in [1.165, 1.54) is 0 Å². The van der Waals surface area contributed by atoms with Crippen LogP contribution in [0, 0.1) is 29.2 Å². The fraction of sp³-hybridized carbons (Fsp3) is 0.250. The smallest absolute Gasteiger partial charge is 0.279 e. The molecular formula is C20H15F4N3O3. The average Bonchev–Trinajstić information content (AvgIpc) is 3.08. The molecule has 1 aliphatic heterocycles. The minimum atomic E-state index is -2.12. The minimum Gasteiger partial charge on any atom is -0.333 e. The van der Waals surface area contributed by atoms with Gasteiger partial charge in [-0.25, -0.2) is 22.2 Å². The van der Waals surface area contributed by atoms with Crippen molar-refractivity contribution in [2.45, 2.75) is 25.4 Å². The van der Waals surface area contributed by atoms with E-state index in [1.54, 1.807) is 37.3 Å². The summed E-state index contributed by atoms with van der Waals surface area (Å²) < 4.78 is 56.0. The molecule has 30 heavy (non-hydrogen) atoms. The summed E-state index contributed by atoms with van der Waals surface area (Å²) in [4.78, 5) is 38.4. The maximum Gasteiger partial charge on any atom is 0.279 e. The molecule has 0 aliphatic carbocycles. The molecule has 3 unspecified atom stereocenters. The number of aromatic nitrogens is 2. The third kappa shape index (κ3) is 2.74. The highest BCUT2D eigenvalue weighted by molar-refractivity contribution is 6.09. The van der Waals surface area contributed by atoms with Crippen LogP contribution in [0.4, 0.5) is 17.6 Å². The van der Waals surface area contributed by atoms with E-state index in [9.17, 15) is 31.9 Å². The van der Waals surface area contributed by atoms with E-state index in [-0.39, 0.29) is 6.42 Å². The molecule has 10 heteroatoms. The Hall–Kier alpha value is -3.43. The zero-order chi connectivity index (χ0) is 21.7. The number of hydrogen-bond donors (Lipinski definition) is 2. The van der Waals surface area contributed by atoms with E-state index >= 15 is 0 Å². The Kier molecular flexibility index (Phi) is 4.71. The van der Waals surface area contributed by atoms with Crippen molar-refractivity contribution in [1.29, 1.82) is 0 Å². The number of piperidine rings is 1. The lowest BCUT2D eigenvalue weighted by molar-refractivity contribution is -0.140. The van der Waals surface area contributed by atoms with Crippen LogP contribution < -0.4 is 10.9 Å². The maximum atomic E-state index is 14.1. The van der Waals surface area contributed by atoms with Gasteiger partial charge in [0, 0.05) is 0 Å². The highest BCUT2D eigenvalue weighted by Crippen LogP contribution is 2.33. The molecule has 1 aliphatic rings. The topological polar surface area (TPSA) is 84.0 Å². The summed E-state index contributed by atoms with van der Waals surface area (Å²) in [5, 5.41) is 3.67. The van der Waals surface area contributed by atoms with Crippen molar-refractivity contribution in [3.63, 3.8) is 0 Å². The molecule has 4 rings (SSSR count). The quantitative estimate of drug-likeness (QED) is 0.295. The third-order valence-corrected chi connectivity index (χ3v) is 5.37. The van der Waals surface area contributed by atoms with Crippen LogP contribution in [-0.2, 0) is 9.59 Å². The zero-order valence-electron chi connectivity index (χ0n) is 15.5. The number of Topliss-reactive ketones (excluding diaryl/α,β-unsaturated/α-hetero) is 1. The normalized spacial score (nSPS) is 21.8. The molecule has 1 amide bonds. The summed E-state index contributed by atoms with van der Waals surface area (Å²) in [6.45, 7) is 1.64. The number of amides is 1. The largest absolute Gasteiger partial charge is 0.333 e. The van der Waals surface area contributed by atoms with Gasteiger partial charge < -0.3 is 5.32 Å². The predicted octanol–water partition coefficient (Wildman–Crippen LogP) is 2.89. The molecule has 1 saturated heterocycles. The van der Waals surface area contributed by atoms with Gasteiger partial charge in [-0.15, -0.1) is 0 Å². The Morgan fingerprint density at radius 3 is 2.20 bits per heavy atom. The molecule has 1 fully saturated rings. The predicted molar refractivity (Wildman–Crippen MR) is 97.5 cm³/mol. The number of benzene rings is 2. The lowest BCUT2D eigenvalue weighted by atomic mass is 9.80. The molecule has 6 nitrogen and oxygen atoms in total. The van der Waals surface area contributed by atoms with Gasteiger partial charge in [-0.2, -0.15) is 0 Å². The molecule has 0 radical (unpaired) electrons. The highest BCUT2D eigenvalue weighted by Gasteiger charge is 2.44. The molecule has 0 spiro atoms. The van der Waals surface area contributed by atoms with Gasteiger partial charge >= 0.3 is 0 Å². The second-order valence-electron chi connectivity index (χ2n) is 7.01. The fourth-order valence-electron chi connectivity index (χ4n) is 3.88. The van der Waals surface area contributed by atoms with E-state index in [0.29, 0.717) is 10.2 Å². The number of carbonyl (C=O) groups excluding carboxylic acids is 2. The maximum absolute atomic E-state index is 14.1. The molecule has 2 heterocycles. The first-order valence-corrected chi connectivity index (χ1v) is 9.13. The number of H-pyrrole nitrogens is 1. The monoisotopic (exact) mass is 421 g/mol. The van der Waals surface area contributed by atoms with Gasteiger partial charge in [0.05, 0.1) is 5.92 Å². The summed E-state index contributed by atoms with van der Waals surface area (Å²) >= 11 is 0. The SMILES string of the molecule is CCC1C(=O)C(c2ccccc2)C(=O)NC1n1[nH]c2c(F)c(F)c(F)c(F)c2c1=O. The Labute approximate surface area is 166 Å². The molecule has 3 aromatic rings. The van der Waals surface area contributed by atoms with Crippen molar-refractivity contribution in [1.82, 2.24) is 15.1 Å². The molecule has 2 N–H and O–H groups in total. The molecule has 3 atom stereocenters. The summed E-state index contributed by atoms with van der Waals surface area (Å²) in [5.41, 5.74) is -1.66. The molecule has 1 aromatic heterocycles. The summed E-state index contributed by atoms with van der Waals surface area (Å²) in [6.07, 6.45) is -1.12. The van der Waals surface area contributed by atoms with Crippen LogP contribution in [0.25, 0.3) is 10.9 Å². The first kappa shape index (κ1) is 19.9. The van der Waals surface area contributed by atoms with E-state index in [2.05, 4.69) is 10.4 Å². The Morgan fingerprint density at radius 1 is 0.933 bits per heavy atom. The molecule has 0 saturated carbocycles. The number of nitrogens with one attached hydrogen (secondary N) is 2. The highest BCUT2D eigenvalue weighted by atomic mass is 19.2. The average molecular weight is 421 g/mol. The summed E-state index contributed by atoms with van der Waals surface area (Å²) in [7, 11) is 0. The van der Waals surface area contributed by atoms with Crippen LogP contribution in [0.2, 0.25) is 0 Å². The van der Waals surface area contributed by atoms with E-state index in [1.807, 2.05) is 0 Å². The van der Waals surface area contributed by atoms with E-state index in [4.69, 9.17) is 0 Å². The fourth-order valence-corrected chi connectivity index (χ4v) is 3.88. The Balaban J connectivity index is 1.85. The van der Waals surface area contributed by atoms with Crippen LogP contribution in [0.15, 0.2) is 35.1 Å². The van der Waals surface area contributed by atoms with Crippen molar-refractivity contribution >= 4 is 22.6 Å². The van der Waals surface area contributed by atoms with Gasteiger partial charge in [0.1, 0.15) is 23.0 Å². The van der Waals surface area contributed by atoms with Gasteiger partial charge in [-0.05, 0) is 12.0 Å². The Bertz CT molecular complexity index is 1240. The third-order valence-electron chi connectivity index (χ3n) is 5.37. The van der Waals surface area contributed by atoms with Gasteiger partial charge in [-0.1, -0.05) is 37.3 Å². The summed E-state index contributed by atoms with van der Waals surface area (Å²) in [6, 6.07) is 8.28. The summed E-state index contributed by atoms with van der Waals surface area (Å²) in [5.74, 6) is -11.1. The van der Waals surface area contributed by atoms with Gasteiger partial charge in [-0.3, -0.25) is 19.5 Å². The number of ketones is 1. The molecule has 2 aromatic carbocycles. The number of fused-ring (bicyclic) bond motifs is 1. The van der Waals surface area contributed by atoms with Crippen molar-refractivity contribution < 1.29 is 27.2 Å². The van der Waals surface area contributed by atoms with Crippen molar-refractivity contribution in [3.8, 4) is 0 Å². The number of carbonyl (C=O) groups is 2. The zero-order valence-corrected chi connectivity index (χ0v) is 15.5. The first-order valence-electron chi connectivity index (χ1n) is 9.13. The number of rotatable bonds is 3. The van der Waals surface area contributed by atoms with Crippen molar-refractivity contribution in [2.24, 2.45) is 5.92 Å². The molecular weight excluding hydrogens is 406 g/mol. The second-order valence-corrected chi connectivity index (χ2v) is 7.01. The van der Waals surface area contributed by atoms with Crippen molar-refractivity contribution in [3.05, 3.63) is 69.5 Å². The standard InChI is InChI=1S/C20H15F4N3O3/c1-2-9-17(28)10(8-6-4-3-5-7-8)19(29)25-18(9)27-20(30)11-12(21)13(22)14(23)15(24)16(11)26-27/h3-7,9-10,18,26H,2H2,1H3,(H,25,29). The number of hydrogen-bond acceptors (Lipinski definition) is 3. The van der Waals surface area contributed by atoms with E-state index in [0.717, 1.165) is 0 Å². The van der Waals surface area contributed by atoms with Gasteiger partial charge in [0.25, 0.3) is 5.56 Å². The number of halogens is 4. The van der Waals surface area contributed by atoms with Gasteiger partial charge in [0.2, 0.25) is 5.91 Å². The minimum absolute atomic E-state index is 0.183. The number of nitrogens with zero attached hydrogens (tertiary/aromatic N) is 1. The number of aromatic amines is 1. The van der Waals surface area contributed by atoms with Crippen LogP contribution in [0.5, 0.6) is 0 Å². The van der Waals surface area contributed by atoms with Crippen LogP contribution in [0.1, 0.15) is 31.0 Å². The van der Waals surface area contributed by atoms with Gasteiger partial charge in [0.15, 0.2) is 29.1 Å². The molecule has 156 valence electrons.